The lowest BCUT2D eigenvalue weighted by Gasteiger charge is -2.43. The van der Waals surface area contributed by atoms with Crippen molar-refractivity contribution < 1.29 is 14.6 Å². The monoisotopic (exact) mass is 368 g/mol. The van der Waals surface area contributed by atoms with Gasteiger partial charge in [0.15, 0.2) is 5.78 Å². The summed E-state index contributed by atoms with van der Waals surface area (Å²) in [5.41, 5.74) is 0.512. The van der Waals surface area contributed by atoms with E-state index in [0.717, 1.165) is 11.1 Å². The standard InChI is InChI=1S/C24H32O3/c1-7-24(22(26)23(4,5)6,19-11-9-8-10-12-19)21(27-17(2)3)18-13-15-20(25)16-14-18/h8-17,21,25H,7H2,1-6H3. The van der Waals surface area contributed by atoms with Crippen LogP contribution >= 0.6 is 0 Å². The number of aromatic hydroxyl groups is 1. The fraction of sp³-hybridized carbons (Fsp3) is 0.458. The van der Waals surface area contributed by atoms with E-state index >= 15 is 0 Å². The van der Waals surface area contributed by atoms with E-state index in [-0.39, 0.29) is 17.6 Å². The predicted octanol–water partition coefficient (Wildman–Crippen LogP) is 5.82. The number of benzene rings is 2. The third-order valence-electron chi connectivity index (χ3n) is 4.98. The van der Waals surface area contributed by atoms with E-state index < -0.39 is 16.9 Å². The van der Waals surface area contributed by atoms with Crippen LogP contribution in [0.3, 0.4) is 0 Å². The van der Waals surface area contributed by atoms with Gasteiger partial charge in [-0.25, -0.2) is 0 Å². The van der Waals surface area contributed by atoms with Crippen molar-refractivity contribution in [1.29, 1.82) is 0 Å². The number of rotatable bonds is 7. The molecule has 0 saturated heterocycles. The van der Waals surface area contributed by atoms with Crippen molar-refractivity contribution in [1.82, 2.24) is 0 Å². The van der Waals surface area contributed by atoms with Gasteiger partial charge in [-0.05, 0) is 43.5 Å². The maximum absolute atomic E-state index is 13.9. The molecule has 3 heteroatoms. The summed E-state index contributed by atoms with van der Waals surface area (Å²) in [5, 5.41) is 9.73. The molecule has 2 aromatic rings. The van der Waals surface area contributed by atoms with Crippen LogP contribution in [0.2, 0.25) is 0 Å². The number of carbonyl (C=O) groups excluding carboxylic acids is 1. The van der Waals surface area contributed by atoms with Crippen LogP contribution in [0.4, 0.5) is 0 Å². The highest BCUT2D eigenvalue weighted by molar-refractivity contribution is 5.95. The Kier molecular flexibility index (Phi) is 6.48. The summed E-state index contributed by atoms with van der Waals surface area (Å²) < 4.78 is 6.40. The smallest absolute Gasteiger partial charge is 0.151 e. The summed E-state index contributed by atoms with van der Waals surface area (Å²) in [5.74, 6) is 0.355. The van der Waals surface area contributed by atoms with Gasteiger partial charge in [-0.2, -0.15) is 0 Å². The van der Waals surface area contributed by atoms with Crippen molar-refractivity contribution in [2.75, 3.05) is 0 Å². The molecule has 27 heavy (non-hydrogen) atoms. The highest BCUT2D eigenvalue weighted by Crippen LogP contribution is 2.48. The van der Waals surface area contributed by atoms with Crippen LogP contribution in [0, 0.1) is 5.41 Å². The Labute approximate surface area is 163 Å². The van der Waals surface area contributed by atoms with E-state index in [2.05, 4.69) is 0 Å². The Morgan fingerprint density at radius 1 is 1.00 bits per heavy atom. The average molecular weight is 369 g/mol. The Balaban J connectivity index is 2.77. The molecule has 2 unspecified atom stereocenters. The van der Waals surface area contributed by atoms with Gasteiger partial charge in [-0.15, -0.1) is 0 Å². The van der Waals surface area contributed by atoms with Gasteiger partial charge in [0.2, 0.25) is 0 Å². The molecule has 0 bridgehead atoms. The zero-order valence-electron chi connectivity index (χ0n) is 17.3. The van der Waals surface area contributed by atoms with E-state index in [4.69, 9.17) is 4.74 Å². The molecule has 0 heterocycles. The number of ether oxygens (including phenoxy) is 1. The molecule has 0 amide bonds. The first kappa shape index (κ1) is 21.2. The first-order chi connectivity index (χ1) is 12.6. The molecule has 0 radical (unpaired) electrons. The molecule has 2 aromatic carbocycles. The number of phenolic OH excluding ortho intramolecular Hbond substituents is 1. The summed E-state index contributed by atoms with van der Waals surface area (Å²) in [6, 6.07) is 17.0. The molecule has 1 N–H and O–H groups in total. The number of Topliss-reactive ketones (excluding diaryl/α,β-unsaturated/α-hetero) is 1. The molecule has 0 spiro atoms. The minimum Gasteiger partial charge on any atom is -0.508 e. The number of phenols is 1. The van der Waals surface area contributed by atoms with Crippen molar-refractivity contribution in [3.05, 3.63) is 65.7 Å². The minimum absolute atomic E-state index is 0.0498. The number of hydrogen-bond donors (Lipinski definition) is 1. The van der Waals surface area contributed by atoms with Crippen LogP contribution in [0.25, 0.3) is 0 Å². The molecule has 0 aromatic heterocycles. The molecular weight excluding hydrogens is 336 g/mol. The molecule has 2 rings (SSSR count). The normalized spacial score (nSPS) is 15.4. The van der Waals surface area contributed by atoms with Crippen molar-refractivity contribution in [2.45, 2.75) is 65.6 Å². The van der Waals surface area contributed by atoms with Crippen molar-refractivity contribution in [3.63, 3.8) is 0 Å². The van der Waals surface area contributed by atoms with Crippen LogP contribution in [-0.2, 0) is 14.9 Å². The summed E-state index contributed by atoms with van der Waals surface area (Å²) in [4.78, 5) is 13.9. The second kappa shape index (κ2) is 8.26. The van der Waals surface area contributed by atoms with E-state index in [9.17, 15) is 9.90 Å². The van der Waals surface area contributed by atoms with Gasteiger partial charge < -0.3 is 9.84 Å². The number of carbonyl (C=O) groups is 1. The summed E-state index contributed by atoms with van der Waals surface area (Å²) >= 11 is 0. The third-order valence-corrected chi connectivity index (χ3v) is 4.98. The van der Waals surface area contributed by atoms with Gasteiger partial charge in [-0.3, -0.25) is 4.79 Å². The zero-order valence-corrected chi connectivity index (χ0v) is 17.3. The van der Waals surface area contributed by atoms with Crippen LogP contribution < -0.4 is 0 Å². The van der Waals surface area contributed by atoms with Crippen LogP contribution in [0.5, 0.6) is 5.75 Å². The van der Waals surface area contributed by atoms with Crippen molar-refractivity contribution >= 4 is 5.78 Å². The summed E-state index contributed by atoms with van der Waals surface area (Å²) in [6.45, 7) is 11.9. The SMILES string of the molecule is CCC(C(=O)C(C)(C)C)(c1ccccc1)C(OC(C)C)c1ccc(O)cc1. The van der Waals surface area contributed by atoms with Crippen LogP contribution in [0.1, 0.15) is 65.2 Å². The zero-order chi connectivity index (χ0) is 20.2. The third kappa shape index (κ3) is 4.41. The molecular formula is C24H32O3. The molecule has 0 saturated carbocycles. The topological polar surface area (TPSA) is 46.5 Å². The first-order valence-corrected chi connectivity index (χ1v) is 9.67. The molecule has 2 atom stereocenters. The predicted molar refractivity (Wildman–Crippen MR) is 110 cm³/mol. The molecule has 0 aliphatic heterocycles. The molecule has 3 nitrogen and oxygen atoms in total. The van der Waals surface area contributed by atoms with E-state index in [1.165, 1.54) is 0 Å². The van der Waals surface area contributed by atoms with Crippen molar-refractivity contribution in [2.24, 2.45) is 5.41 Å². The van der Waals surface area contributed by atoms with Gasteiger partial charge in [0, 0.05) is 5.41 Å². The fourth-order valence-electron chi connectivity index (χ4n) is 3.76. The van der Waals surface area contributed by atoms with E-state index in [1.54, 1.807) is 12.1 Å². The Morgan fingerprint density at radius 3 is 2.00 bits per heavy atom. The van der Waals surface area contributed by atoms with Gasteiger partial charge in [0.05, 0.1) is 17.6 Å². The van der Waals surface area contributed by atoms with Gasteiger partial charge in [-0.1, -0.05) is 70.2 Å². The van der Waals surface area contributed by atoms with Gasteiger partial charge in [0.25, 0.3) is 0 Å². The van der Waals surface area contributed by atoms with Gasteiger partial charge in [0.1, 0.15) is 5.75 Å². The summed E-state index contributed by atoms with van der Waals surface area (Å²) in [6.07, 6.45) is 0.120. The Morgan fingerprint density at radius 2 is 1.56 bits per heavy atom. The van der Waals surface area contributed by atoms with Crippen LogP contribution in [0.15, 0.2) is 54.6 Å². The molecule has 0 aliphatic carbocycles. The first-order valence-electron chi connectivity index (χ1n) is 9.67. The van der Waals surface area contributed by atoms with E-state index in [0.29, 0.717) is 6.42 Å². The Hall–Kier alpha value is -2.13. The second-order valence-electron chi connectivity index (χ2n) is 8.43. The quantitative estimate of drug-likeness (QED) is 0.669. The van der Waals surface area contributed by atoms with Crippen LogP contribution in [-0.4, -0.2) is 17.0 Å². The number of hydrogen-bond acceptors (Lipinski definition) is 3. The lowest BCUT2D eigenvalue weighted by molar-refractivity contribution is -0.142. The Bertz CT molecular complexity index is 741. The van der Waals surface area contributed by atoms with E-state index in [1.807, 2.05) is 84.0 Å². The highest BCUT2D eigenvalue weighted by Gasteiger charge is 2.50. The lowest BCUT2D eigenvalue weighted by Crippen LogP contribution is -2.48. The highest BCUT2D eigenvalue weighted by atomic mass is 16.5. The van der Waals surface area contributed by atoms with Gasteiger partial charge >= 0.3 is 0 Å². The largest absolute Gasteiger partial charge is 0.508 e. The lowest BCUT2D eigenvalue weighted by atomic mass is 9.62. The summed E-state index contributed by atoms with van der Waals surface area (Å²) in [7, 11) is 0. The second-order valence-corrected chi connectivity index (χ2v) is 8.43. The fourth-order valence-corrected chi connectivity index (χ4v) is 3.76. The minimum atomic E-state index is -0.819. The average Bonchev–Trinajstić information content (AvgIpc) is 2.62. The maximum Gasteiger partial charge on any atom is 0.151 e. The molecule has 146 valence electrons. The molecule has 0 aliphatic rings. The maximum atomic E-state index is 13.9. The van der Waals surface area contributed by atoms with Crippen molar-refractivity contribution in [3.8, 4) is 5.75 Å². The number of ketones is 1. The molecule has 0 fully saturated rings.